The van der Waals surface area contributed by atoms with Crippen LogP contribution in [0.3, 0.4) is 0 Å². The predicted octanol–water partition coefficient (Wildman–Crippen LogP) is 9.20. The molecule has 0 bridgehead atoms. The first-order valence-corrected chi connectivity index (χ1v) is 9.96. The van der Waals surface area contributed by atoms with Gasteiger partial charge in [-0.2, -0.15) is 0 Å². The van der Waals surface area contributed by atoms with E-state index in [1.165, 1.54) is 77.0 Å². The third-order valence-corrected chi connectivity index (χ3v) is 2.96. The smallest absolute Gasteiger partial charge is 0 e. The Bertz CT molecular complexity index is 221. The molecule has 0 aliphatic heterocycles. The largest absolute Gasteiger partial charge is 1.00 e. The Balaban J connectivity index is -0.000000173. The first kappa shape index (κ1) is 27.4. The van der Waals surface area contributed by atoms with Crippen LogP contribution in [0.15, 0.2) is 0 Å². The summed E-state index contributed by atoms with van der Waals surface area (Å²) in [6.07, 6.45) is 17.4. The Morgan fingerprint density at radius 3 is 0.773 bits per heavy atom. The Kier molecular flexibility index (Phi) is 14.9. The fourth-order valence-electron chi connectivity index (χ4n) is 1.91. The number of halogens is 6. The Hall–Kier alpha value is 0.529. The summed E-state index contributed by atoms with van der Waals surface area (Å²) in [4.78, 5) is 0. The predicted molar refractivity (Wildman–Crippen MR) is 81.4 cm³/mol. The van der Waals surface area contributed by atoms with Crippen molar-refractivity contribution in [1.82, 2.24) is 0 Å². The fourth-order valence-corrected chi connectivity index (χ4v) is 1.91. The molecule has 0 N–H and O–H groups in total. The van der Waals surface area contributed by atoms with Crippen LogP contribution in [0.5, 0.6) is 0 Å². The van der Waals surface area contributed by atoms with Crippen molar-refractivity contribution in [2.45, 2.75) is 90.9 Å². The van der Waals surface area contributed by atoms with E-state index in [0.717, 1.165) is 0 Å². The van der Waals surface area contributed by atoms with Crippen molar-refractivity contribution in [3.63, 3.8) is 0 Å². The Morgan fingerprint density at radius 1 is 0.500 bits per heavy atom. The second-order valence-corrected chi connectivity index (χ2v) is 7.41. The monoisotopic (exact) mass is 399 g/mol. The molecular weight excluding hydrogens is 368 g/mol. The van der Waals surface area contributed by atoms with Crippen LogP contribution in [0.2, 0.25) is 0 Å². The van der Waals surface area contributed by atoms with E-state index in [1.54, 1.807) is 0 Å². The molecule has 0 heterocycles. The van der Waals surface area contributed by atoms with Crippen molar-refractivity contribution in [3.05, 3.63) is 0 Å². The molecular formula is C14H31F6MnP. The molecule has 0 aromatic heterocycles. The number of hydrogen-bond acceptors (Lipinski definition) is 0. The van der Waals surface area contributed by atoms with Crippen molar-refractivity contribution >= 4 is 7.81 Å². The fraction of sp³-hybridized carbons (Fsp3) is 1.00. The summed E-state index contributed by atoms with van der Waals surface area (Å²) in [6.45, 7) is 4.57. The van der Waals surface area contributed by atoms with Gasteiger partial charge in [-0.3, -0.25) is 0 Å². The Labute approximate surface area is 143 Å². The van der Waals surface area contributed by atoms with E-state index in [4.69, 9.17) is 0 Å². The van der Waals surface area contributed by atoms with Crippen molar-refractivity contribution in [3.8, 4) is 0 Å². The van der Waals surface area contributed by atoms with Crippen LogP contribution in [0.4, 0.5) is 25.2 Å². The van der Waals surface area contributed by atoms with Crippen molar-refractivity contribution in [2.75, 3.05) is 0 Å². The van der Waals surface area contributed by atoms with Gasteiger partial charge in [0.2, 0.25) is 0 Å². The minimum Gasteiger partial charge on any atom is 0 e. The molecule has 8 heteroatoms. The molecule has 0 aromatic carbocycles. The molecule has 0 saturated carbocycles. The van der Waals surface area contributed by atoms with Crippen LogP contribution in [0, 0.1) is 0 Å². The van der Waals surface area contributed by atoms with Crippen LogP contribution in [-0.2, 0) is 17.1 Å². The number of rotatable bonds is 11. The standard InChI is InChI=1S/C14H30.F6P.Mn/c1-3-5-7-9-11-13-14-12-10-8-6-4-2;1-7(2,3,4,5)6;/h3-14H2,1-2H3;;/q;-1;/p+1. The van der Waals surface area contributed by atoms with Gasteiger partial charge in [-0.15, -0.1) is 0 Å². The summed E-state index contributed by atoms with van der Waals surface area (Å²) >= 11 is 0. The maximum absolute atomic E-state index is 10.7. The topological polar surface area (TPSA) is 0 Å². The number of hydrogen-bond donors (Lipinski definition) is 0. The summed E-state index contributed by atoms with van der Waals surface area (Å²) in [5, 5.41) is 0. The SMILES string of the molecule is CCCCCCCCCCCCCC.F[P-](F)(F)(F)(F)F.[H+].[Mn]. The molecule has 1 radical (unpaired) electrons. The molecule has 0 rings (SSSR count). The maximum Gasteiger partial charge on any atom is 1.00 e. The second-order valence-electron chi connectivity index (χ2n) is 5.49. The average molecular weight is 399 g/mol. The summed E-state index contributed by atoms with van der Waals surface area (Å²) < 4.78 is 59.2. The van der Waals surface area contributed by atoms with Gasteiger partial charge in [-0.25, -0.2) is 0 Å². The summed E-state index contributed by atoms with van der Waals surface area (Å²) in [5.74, 6) is 0. The van der Waals surface area contributed by atoms with Gasteiger partial charge in [-0.05, 0) is 0 Å². The number of unbranched alkanes of at least 4 members (excludes halogenated alkanes) is 11. The van der Waals surface area contributed by atoms with Crippen LogP contribution >= 0.6 is 7.81 Å². The van der Waals surface area contributed by atoms with Crippen molar-refractivity contribution in [1.29, 1.82) is 0 Å². The molecule has 0 aliphatic carbocycles. The summed E-state index contributed by atoms with van der Waals surface area (Å²) in [7, 11) is -10.7. The molecule has 0 nitrogen and oxygen atoms in total. The summed E-state index contributed by atoms with van der Waals surface area (Å²) in [5.41, 5.74) is 0. The molecule has 0 fully saturated rings. The van der Waals surface area contributed by atoms with Gasteiger partial charge < -0.3 is 0 Å². The quantitative estimate of drug-likeness (QED) is 0.141. The minimum absolute atomic E-state index is 0. The van der Waals surface area contributed by atoms with Crippen LogP contribution in [-0.4, -0.2) is 0 Å². The van der Waals surface area contributed by atoms with Gasteiger partial charge in [0, 0.05) is 17.1 Å². The van der Waals surface area contributed by atoms with Gasteiger partial charge in [0.25, 0.3) is 0 Å². The third-order valence-electron chi connectivity index (χ3n) is 2.96. The second kappa shape index (κ2) is 12.0. The van der Waals surface area contributed by atoms with Gasteiger partial charge in [0.05, 0.1) is 0 Å². The zero-order chi connectivity index (χ0) is 16.9. The van der Waals surface area contributed by atoms with Gasteiger partial charge in [0.1, 0.15) is 0 Å². The van der Waals surface area contributed by atoms with E-state index >= 15 is 0 Å². The van der Waals surface area contributed by atoms with Crippen molar-refractivity contribution < 1.29 is 43.7 Å². The van der Waals surface area contributed by atoms with Crippen molar-refractivity contribution in [2.24, 2.45) is 0 Å². The zero-order valence-corrected chi connectivity index (χ0v) is 15.7. The summed E-state index contributed by atoms with van der Waals surface area (Å²) in [6, 6.07) is 0. The molecule has 0 saturated heterocycles. The van der Waals surface area contributed by atoms with E-state index in [1.807, 2.05) is 0 Å². The molecule has 0 unspecified atom stereocenters. The minimum atomic E-state index is -10.7. The molecule has 0 atom stereocenters. The molecule has 0 spiro atoms. The normalized spacial score (nSPS) is 14.2. The van der Waals surface area contributed by atoms with Crippen LogP contribution in [0.1, 0.15) is 92.3 Å². The van der Waals surface area contributed by atoms with Crippen LogP contribution in [0.25, 0.3) is 0 Å². The van der Waals surface area contributed by atoms with Gasteiger partial charge >= 0.3 is 34.4 Å². The molecule has 0 aromatic rings. The molecule has 0 aliphatic rings. The Morgan fingerprint density at radius 2 is 0.636 bits per heavy atom. The molecule has 0 amide bonds. The van der Waals surface area contributed by atoms with Gasteiger partial charge in [0.15, 0.2) is 0 Å². The third kappa shape index (κ3) is 58.9. The molecule has 22 heavy (non-hydrogen) atoms. The maximum atomic E-state index is 9.87. The average Bonchev–Trinajstić information content (AvgIpc) is 2.28. The first-order chi connectivity index (χ1) is 9.36. The van der Waals surface area contributed by atoms with E-state index in [2.05, 4.69) is 13.8 Å². The van der Waals surface area contributed by atoms with E-state index in [0.29, 0.717) is 0 Å². The van der Waals surface area contributed by atoms with E-state index in [-0.39, 0.29) is 18.5 Å². The zero-order valence-electron chi connectivity index (χ0n) is 14.6. The van der Waals surface area contributed by atoms with E-state index < -0.39 is 7.81 Å². The molecule has 141 valence electrons. The van der Waals surface area contributed by atoms with Crippen LogP contribution < -0.4 is 0 Å². The van der Waals surface area contributed by atoms with E-state index in [9.17, 15) is 25.2 Å². The first-order valence-electron chi connectivity index (χ1n) is 7.93. The van der Waals surface area contributed by atoms with Gasteiger partial charge in [-0.1, -0.05) is 90.9 Å².